The second kappa shape index (κ2) is 8.85. The summed E-state index contributed by atoms with van der Waals surface area (Å²) in [6, 6.07) is 7.73. The van der Waals surface area contributed by atoms with E-state index in [0.29, 0.717) is 12.8 Å². The van der Waals surface area contributed by atoms with Crippen LogP contribution in [-0.2, 0) is 11.2 Å². The second-order valence-corrected chi connectivity index (χ2v) is 5.09. The Kier molecular flexibility index (Phi) is 8.31. The number of nitrogen functional groups attached to an aromatic ring is 1. The molecule has 3 nitrogen and oxygen atoms in total. The molecule has 0 fully saturated rings. The number of anilines is 1. The Labute approximate surface area is 128 Å². The molecule has 0 atom stereocenters. The molecule has 0 spiro atoms. The van der Waals surface area contributed by atoms with Crippen molar-refractivity contribution in [3.05, 3.63) is 29.8 Å². The summed E-state index contributed by atoms with van der Waals surface area (Å²) in [6.45, 7) is 6.38. The Bertz CT molecular complexity index is 408. The zero-order chi connectivity index (χ0) is 14.3. The van der Waals surface area contributed by atoms with Crippen LogP contribution in [0.5, 0.6) is 0 Å². The van der Waals surface area contributed by atoms with Crippen LogP contribution in [0.2, 0.25) is 0 Å². The van der Waals surface area contributed by atoms with Crippen LogP contribution in [0.25, 0.3) is 0 Å². The second-order valence-electron chi connectivity index (χ2n) is 5.09. The van der Waals surface area contributed by atoms with Gasteiger partial charge in [-0.05, 0) is 37.3 Å². The van der Waals surface area contributed by atoms with Crippen LogP contribution in [-0.4, -0.2) is 11.4 Å². The number of benzene rings is 1. The van der Waals surface area contributed by atoms with Crippen molar-refractivity contribution in [3.8, 4) is 0 Å². The Morgan fingerprint density at radius 1 is 1.15 bits per heavy atom. The molecule has 0 radical (unpaired) electrons. The van der Waals surface area contributed by atoms with Gasteiger partial charge in [0.25, 0.3) is 0 Å². The average molecular weight is 299 g/mol. The van der Waals surface area contributed by atoms with E-state index in [1.807, 2.05) is 24.3 Å². The number of carbonyl (C=O) groups excluding carboxylic acids is 1. The van der Waals surface area contributed by atoms with E-state index in [1.54, 1.807) is 0 Å². The summed E-state index contributed by atoms with van der Waals surface area (Å²) in [5, 5.41) is 3.19. The highest BCUT2D eigenvalue weighted by Crippen LogP contribution is 2.20. The van der Waals surface area contributed by atoms with Gasteiger partial charge in [-0.2, -0.15) is 0 Å². The number of halogens is 1. The zero-order valence-electron chi connectivity index (χ0n) is 12.7. The van der Waals surface area contributed by atoms with Crippen LogP contribution in [0, 0.1) is 0 Å². The number of hydrogen-bond acceptors (Lipinski definition) is 2. The SMILES string of the molecule is CCC(CC)(CC)NC(=O)CCc1ccccc1N.Cl. The molecule has 0 aliphatic rings. The summed E-state index contributed by atoms with van der Waals surface area (Å²) < 4.78 is 0. The predicted octanol–water partition coefficient (Wildman–Crippen LogP) is 3.71. The lowest BCUT2D eigenvalue weighted by Gasteiger charge is -2.31. The smallest absolute Gasteiger partial charge is 0.220 e. The lowest BCUT2D eigenvalue weighted by Crippen LogP contribution is -2.47. The van der Waals surface area contributed by atoms with Crippen molar-refractivity contribution in [3.63, 3.8) is 0 Å². The molecule has 0 saturated carbocycles. The van der Waals surface area contributed by atoms with E-state index in [9.17, 15) is 4.79 Å². The maximum atomic E-state index is 12.1. The van der Waals surface area contributed by atoms with E-state index in [0.717, 1.165) is 30.5 Å². The molecule has 1 aromatic rings. The first-order valence-corrected chi connectivity index (χ1v) is 7.21. The molecule has 114 valence electrons. The number of nitrogens with one attached hydrogen (secondary N) is 1. The molecule has 1 aromatic carbocycles. The van der Waals surface area contributed by atoms with Crippen LogP contribution in [0.3, 0.4) is 0 Å². The minimum absolute atomic E-state index is 0. The zero-order valence-corrected chi connectivity index (χ0v) is 13.6. The van der Waals surface area contributed by atoms with Crippen LogP contribution in [0.15, 0.2) is 24.3 Å². The molecule has 0 heterocycles. The van der Waals surface area contributed by atoms with Gasteiger partial charge in [0.2, 0.25) is 5.91 Å². The van der Waals surface area contributed by atoms with Gasteiger partial charge in [-0.15, -0.1) is 12.4 Å². The molecule has 0 saturated heterocycles. The molecular weight excluding hydrogens is 272 g/mol. The quantitative estimate of drug-likeness (QED) is 0.754. The van der Waals surface area contributed by atoms with E-state index < -0.39 is 0 Å². The number of para-hydroxylation sites is 1. The van der Waals surface area contributed by atoms with E-state index in [1.165, 1.54) is 0 Å². The molecule has 1 rings (SSSR count). The maximum absolute atomic E-state index is 12.1. The van der Waals surface area contributed by atoms with Crippen molar-refractivity contribution in [2.24, 2.45) is 0 Å². The Morgan fingerprint density at radius 3 is 2.20 bits per heavy atom. The summed E-state index contributed by atoms with van der Waals surface area (Å²) in [4.78, 5) is 12.1. The number of aryl methyl sites for hydroxylation is 1. The standard InChI is InChI=1S/C16H26N2O.ClH/c1-4-16(5-2,6-3)18-15(19)12-11-13-9-7-8-10-14(13)17;/h7-10H,4-6,11-12,17H2,1-3H3,(H,18,19);1H. The summed E-state index contributed by atoms with van der Waals surface area (Å²) in [5.74, 6) is 0.119. The minimum atomic E-state index is -0.0423. The molecular formula is C16H27ClN2O. The molecule has 0 unspecified atom stereocenters. The lowest BCUT2D eigenvalue weighted by molar-refractivity contribution is -0.123. The summed E-state index contributed by atoms with van der Waals surface area (Å²) >= 11 is 0. The number of rotatable bonds is 7. The average Bonchev–Trinajstić information content (AvgIpc) is 2.44. The van der Waals surface area contributed by atoms with Crippen LogP contribution in [0.1, 0.15) is 52.0 Å². The van der Waals surface area contributed by atoms with Crippen molar-refractivity contribution in [2.45, 2.75) is 58.4 Å². The Balaban J connectivity index is 0.00000361. The largest absolute Gasteiger partial charge is 0.399 e. The highest BCUT2D eigenvalue weighted by atomic mass is 35.5. The monoisotopic (exact) mass is 298 g/mol. The first-order chi connectivity index (χ1) is 9.06. The van der Waals surface area contributed by atoms with Crippen LogP contribution < -0.4 is 11.1 Å². The van der Waals surface area contributed by atoms with E-state index in [4.69, 9.17) is 5.73 Å². The van der Waals surface area contributed by atoms with Gasteiger partial charge in [-0.3, -0.25) is 4.79 Å². The summed E-state index contributed by atoms with van der Waals surface area (Å²) in [6.07, 6.45) is 4.11. The van der Waals surface area contributed by atoms with Gasteiger partial charge in [0.1, 0.15) is 0 Å². The van der Waals surface area contributed by atoms with Gasteiger partial charge in [-0.25, -0.2) is 0 Å². The van der Waals surface area contributed by atoms with Crippen LogP contribution in [0.4, 0.5) is 5.69 Å². The topological polar surface area (TPSA) is 55.1 Å². The highest BCUT2D eigenvalue weighted by molar-refractivity contribution is 5.85. The van der Waals surface area contributed by atoms with Gasteiger partial charge in [0.05, 0.1) is 0 Å². The van der Waals surface area contributed by atoms with E-state index >= 15 is 0 Å². The minimum Gasteiger partial charge on any atom is -0.399 e. The third-order valence-electron chi connectivity index (χ3n) is 4.11. The van der Waals surface area contributed by atoms with Gasteiger partial charge in [0, 0.05) is 17.6 Å². The molecule has 20 heavy (non-hydrogen) atoms. The fraction of sp³-hybridized carbons (Fsp3) is 0.562. The van der Waals surface area contributed by atoms with E-state index in [2.05, 4.69) is 26.1 Å². The van der Waals surface area contributed by atoms with Gasteiger partial charge in [-0.1, -0.05) is 39.0 Å². The normalized spacial score (nSPS) is 10.8. The number of hydrogen-bond donors (Lipinski definition) is 2. The Morgan fingerprint density at radius 2 is 1.70 bits per heavy atom. The predicted molar refractivity (Wildman–Crippen MR) is 88.2 cm³/mol. The molecule has 1 amide bonds. The lowest BCUT2D eigenvalue weighted by atomic mass is 9.89. The number of amides is 1. The maximum Gasteiger partial charge on any atom is 0.220 e. The third-order valence-corrected chi connectivity index (χ3v) is 4.11. The van der Waals surface area contributed by atoms with Gasteiger partial charge >= 0.3 is 0 Å². The fourth-order valence-electron chi connectivity index (χ4n) is 2.38. The van der Waals surface area contributed by atoms with Crippen molar-refractivity contribution >= 4 is 24.0 Å². The van der Waals surface area contributed by atoms with Crippen molar-refractivity contribution in [2.75, 3.05) is 5.73 Å². The molecule has 0 aliphatic carbocycles. The summed E-state index contributed by atoms with van der Waals surface area (Å²) in [7, 11) is 0. The van der Waals surface area contributed by atoms with Gasteiger partial charge in [0.15, 0.2) is 0 Å². The van der Waals surface area contributed by atoms with Crippen LogP contribution >= 0.6 is 12.4 Å². The van der Waals surface area contributed by atoms with E-state index in [-0.39, 0.29) is 23.9 Å². The highest BCUT2D eigenvalue weighted by Gasteiger charge is 2.25. The number of nitrogens with two attached hydrogens (primary N) is 1. The van der Waals surface area contributed by atoms with Crippen molar-refractivity contribution in [1.82, 2.24) is 5.32 Å². The Hall–Kier alpha value is -1.22. The fourth-order valence-corrected chi connectivity index (χ4v) is 2.38. The molecule has 0 aliphatic heterocycles. The molecule has 0 bridgehead atoms. The van der Waals surface area contributed by atoms with Crippen molar-refractivity contribution in [1.29, 1.82) is 0 Å². The van der Waals surface area contributed by atoms with Crippen molar-refractivity contribution < 1.29 is 4.79 Å². The summed E-state index contributed by atoms with van der Waals surface area (Å²) in [5.41, 5.74) is 7.65. The molecule has 3 N–H and O–H groups in total. The number of carbonyl (C=O) groups is 1. The molecule has 4 heteroatoms. The third kappa shape index (κ3) is 5.04. The molecule has 0 aromatic heterocycles. The first-order valence-electron chi connectivity index (χ1n) is 7.21. The van der Waals surface area contributed by atoms with Gasteiger partial charge < -0.3 is 11.1 Å². The first kappa shape index (κ1) is 18.8.